The fourth-order valence-electron chi connectivity index (χ4n) is 2.24. The fourth-order valence-corrected chi connectivity index (χ4v) is 4.19. The van der Waals surface area contributed by atoms with Crippen molar-refractivity contribution < 1.29 is 17.9 Å². The normalized spacial score (nSPS) is 11.2. The number of hydrogen-bond acceptors (Lipinski definition) is 7. The van der Waals surface area contributed by atoms with Crippen molar-refractivity contribution in [1.82, 2.24) is 14.9 Å². The maximum atomic E-state index is 12.3. The molecule has 0 spiro atoms. The minimum atomic E-state index is -3.84. The van der Waals surface area contributed by atoms with Gasteiger partial charge in [0.25, 0.3) is 15.9 Å². The summed E-state index contributed by atoms with van der Waals surface area (Å²) in [4.78, 5) is 12.1. The van der Waals surface area contributed by atoms with Gasteiger partial charge in [-0.1, -0.05) is 47.7 Å². The van der Waals surface area contributed by atoms with Gasteiger partial charge >= 0.3 is 0 Å². The Balaban J connectivity index is 1.54. The minimum Gasteiger partial charge on any atom is -0.492 e. The number of carbonyl (C=O) groups excluding carboxylic acids is 1. The van der Waals surface area contributed by atoms with Gasteiger partial charge in [0.15, 0.2) is 0 Å². The van der Waals surface area contributed by atoms with E-state index in [1.807, 2.05) is 31.2 Å². The third-order valence-electron chi connectivity index (χ3n) is 3.64. The van der Waals surface area contributed by atoms with Gasteiger partial charge in [-0.05, 0) is 30.7 Å². The zero-order valence-corrected chi connectivity index (χ0v) is 16.6. The largest absolute Gasteiger partial charge is 0.492 e. The Morgan fingerprint density at radius 1 is 1.07 bits per heavy atom. The first-order valence-electron chi connectivity index (χ1n) is 8.34. The smallest absolute Gasteiger partial charge is 0.269 e. The summed E-state index contributed by atoms with van der Waals surface area (Å²) in [5, 5.41) is 10.0. The van der Waals surface area contributed by atoms with Gasteiger partial charge in [-0.2, -0.15) is 0 Å². The molecular formula is C18H18N4O4S2. The van der Waals surface area contributed by atoms with Crippen LogP contribution in [0.2, 0.25) is 0 Å². The number of anilines is 1. The standard InChI is InChI=1S/C18H18N4O4S2/c1-13-7-5-6-10-15(13)26-12-11-19-28(24,25)18-22-21-17(27-18)20-16(23)14-8-3-2-4-9-14/h2-10,19H,11-12H2,1H3,(H,20,21,23). The van der Waals surface area contributed by atoms with E-state index < -0.39 is 10.0 Å². The molecule has 1 aromatic heterocycles. The van der Waals surface area contributed by atoms with Gasteiger partial charge in [0, 0.05) is 12.1 Å². The summed E-state index contributed by atoms with van der Waals surface area (Å²) < 4.78 is 32.4. The topological polar surface area (TPSA) is 110 Å². The number of sulfonamides is 1. The van der Waals surface area contributed by atoms with E-state index in [1.165, 1.54) is 0 Å². The Morgan fingerprint density at radius 3 is 2.54 bits per heavy atom. The molecule has 0 radical (unpaired) electrons. The Labute approximate surface area is 166 Å². The summed E-state index contributed by atoms with van der Waals surface area (Å²) in [6, 6.07) is 16.0. The van der Waals surface area contributed by atoms with Crippen molar-refractivity contribution >= 4 is 32.4 Å². The van der Waals surface area contributed by atoms with Crippen molar-refractivity contribution in [2.24, 2.45) is 0 Å². The SMILES string of the molecule is Cc1ccccc1OCCNS(=O)(=O)c1nnc(NC(=O)c2ccccc2)s1. The van der Waals surface area contributed by atoms with E-state index in [1.54, 1.807) is 30.3 Å². The molecule has 2 N–H and O–H groups in total. The number of ether oxygens (including phenoxy) is 1. The lowest BCUT2D eigenvalue weighted by Crippen LogP contribution is -2.28. The molecule has 0 fully saturated rings. The molecule has 1 amide bonds. The highest BCUT2D eigenvalue weighted by Crippen LogP contribution is 2.20. The maximum absolute atomic E-state index is 12.3. The van der Waals surface area contributed by atoms with E-state index in [4.69, 9.17) is 4.74 Å². The number of benzene rings is 2. The summed E-state index contributed by atoms with van der Waals surface area (Å²) in [5.74, 6) is 0.309. The van der Waals surface area contributed by atoms with Gasteiger partial charge in [-0.15, -0.1) is 10.2 Å². The van der Waals surface area contributed by atoms with Crippen molar-refractivity contribution in [2.45, 2.75) is 11.3 Å². The van der Waals surface area contributed by atoms with E-state index >= 15 is 0 Å². The Hall–Kier alpha value is -2.82. The van der Waals surface area contributed by atoms with E-state index in [0.717, 1.165) is 16.9 Å². The molecule has 8 nitrogen and oxygen atoms in total. The summed E-state index contributed by atoms with van der Waals surface area (Å²) >= 11 is 0.774. The molecule has 0 aliphatic rings. The number of nitrogens with one attached hydrogen (secondary N) is 2. The van der Waals surface area contributed by atoms with Crippen molar-refractivity contribution in [3.63, 3.8) is 0 Å². The molecule has 0 aliphatic carbocycles. The van der Waals surface area contributed by atoms with Crippen molar-refractivity contribution in [3.05, 3.63) is 65.7 Å². The number of amides is 1. The second-order valence-electron chi connectivity index (χ2n) is 5.71. The highest BCUT2D eigenvalue weighted by Gasteiger charge is 2.20. The van der Waals surface area contributed by atoms with Crippen LogP contribution in [0.25, 0.3) is 0 Å². The van der Waals surface area contributed by atoms with E-state index in [0.29, 0.717) is 11.3 Å². The van der Waals surface area contributed by atoms with E-state index in [-0.39, 0.29) is 28.5 Å². The molecule has 2 aromatic carbocycles. The van der Waals surface area contributed by atoms with Crippen LogP contribution in [0.3, 0.4) is 0 Å². The molecule has 3 aromatic rings. The van der Waals surface area contributed by atoms with Crippen LogP contribution in [0, 0.1) is 6.92 Å². The molecule has 0 bridgehead atoms. The second-order valence-corrected chi connectivity index (χ2v) is 8.62. The molecule has 1 heterocycles. The lowest BCUT2D eigenvalue weighted by molar-refractivity contribution is 0.102. The van der Waals surface area contributed by atoms with Crippen LogP contribution in [-0.4, -0.2) is 37.7 Å². The van der Waals surface area contributed by atoms with Gasteiger partial charge in [0.1, 0.15) is 12.4 Å². The molecular weight excluding hydrogens is 400 g/mol. The zero-order valence-electron chi connectivity index (χ0n) is 15.0. The predicted molar refractivity (Wildman–Crippen MR) is 106 cm³/mol. The van der Waals surface area contributed by atoms with Crippen LogP contribution < -0.4 is 14.8 Å². The average Bonchev–Trinajstić information content (AvgIpc) is 3.17. The first kappa shape index (κ1) is 19.9. The van der Waals surface area contributed by atoms with Gasteiger partial charge in [-0.3, -0.25) is 10.1 Å². The van der Waals surface area contributed by atoms with Crippen molar-refractivity contribution in [3.8, 4) is 5.75 Å². The molecule has 146 valence electrons. The van der Waals surface area contributed by atoms with Gasteiger partial charge in [0.05, 0.1) is 0 Å². The molecule has 3 rings (SSSR count). The highest BCUT2D eigenvalue weighted by atomic mass is 32.2. The molecule has 0 aliphatic heterocycles. The van der Waals surface area contributed by atoms with E-state index in [9.17, 15) is 13.2 Å². The summed E-state index contributed by atoms with van der Waals surface area (Å²) in [6.45, 7) is 2.15. The number of rotatable bonds is 8. The number of hydrogen-bond donors (Lipinski definition) is 2. The molecule has 28 heavy (non-hydrogen) atoms. The van der Waals surface area contributed by atoms with Gasteiger partial charge in [-0.25, -0.2) is 13.1 Å². The Bertz CT molecular complexity index is 1050. The van der Waals surface area contributed by atoms with Crippen LogP contribution in [-0.2, 0) is 10.0 Å². The Morgan fingerprint density at radius 2 is 1.79 bits per heavy atom. The molecule has 10 heteroatoms. The zero-order chi connectivity index (χ0) is 20.0. The lowest BCUT2D eigenvalue weighted by Gasteiger charge is -2.09. The molecule has 0 unspecified atom stereocenters. The third kappa shape index (κ3) is 5.12. The van der Waals surface area contributed by atoms with Crippen molar-refractivity contribution in [1.29, 1.82) is 0 Å². The first-order chi connectivity index (χ1) is 13.5. The quantitative estimate of drug-likeness (QED) is 0.429. The van der Waals surface area contributed by atoms with Gasteiger partial charge in [0.2, 0.25) is 9.47 Å². The van der Waals surface area contributed by atoms with Crippen LogP contribution in [0.15, 0.2) is 58.9 Å². The molecule has 0 saturated carbocycles. The second kappa shape index (κ2) is 8.91. The minimum absolute atomic E-state index is 0.0714. The number of carbonyl (C=O) groups is 1. The average molecular weight is 419 g/mol. The first-order valence-corrected chi connectivity index (χ1v) is 10.6. The van der Waals surface area contributed by atoms with Crippen LogP contribution in [0.5, 0.6) is 5.75 Å². The molecule has 0 saturated heterocycles. The highest BCUT2D eigenvalue weighted by molar-refractivity contribution is 7.91. The van der Waals surface area contributed by atoms with E-state index in [2.05, 4.69) is 20.2 Å². The third-order valence-corrected chi connectivity index (χ3v) is 6.31. The summed E-state index contributed by atoms with van der Waals surface area (Å²) in [7, 11) is -3.84. The maximum Gasteiger partial charge on any atom is 0.269 e. The number of para-hydroxylation sites is 1. The van der Waals surface area contributed by atoms with Crippen LogP contribution >= 0.6 is 11.3 Å². The predicted octanol–water partition coefficient (Wildman–Crippen LogP) is 2.46. The van der Waals surface area contributed by atoms with Crippen molar-refractivity contribution in [2.75, 3.05) is 18.5 Å². The monoisotopic (exact) mass is 418 g/mol. The van der Waals surface area contributed by atoms with Crippen LogP contribution in [0.4, 0.5) is 5.13 Å². The lowest BCUT2D eigenvalue weighted by atomic mass is 10.2. The number of aryl methyl sites for hydroxylation is 1. The van der Waals surface area contributed by atoms with Crippen LogP contribution in [0.1, 0.15) is 15.9 Å². The number of nitrogens with zero attached hydrogens (tertiary/aromatic N) is 2. The Kier molecular flexibility index (Phi) is 6.34. The molecule has 0 atom stereocenters. The summed E-state index contributed by atoms with van der Waals surface area (Å²) in [5.41, 5.74) is 1.40. The fraction of sp³-hybridized carbons (Fsp3) is 0.167. The number of aromatic nitrogens is 2. The summed E-state index contributed by atoms with van der Waals surface area (Å²) in [6.07, 6.45) is 0. The van der Waals surface area contributed by atoms with Gasteiger partial charge < -0.3 is 4.74 Å².